The summed E-state index contributed by atoms with van der Waals surface area (Å²) in [5.41, 5.74) is 0.145. The Morgan fingerprint density at radius 1 is 1.35 bits per heavy atom. The van der Waals surface area contributed by atoms with Crippen LogP contribution in [0.5, 0.6) is 0 Å². The summed E-state index contributed by atoms with van der Waals surface area (Å²) in [6.07, 6.45) is 3.12. The number of fused-ring (bicyclic) bond motifs is 1. The highest BCUT2D eigenvalue weighted by Gasteiger charge is 2.54. The van der Waals surface area contributed by atoms with E-state index in [0.29, 0.717) is 24.5 Å². The Hall–Kier alpha value is -1.59. The molecule has 6 heteroatoms. The van der Waals surface area contributed by atoms with Gasteiger partial charge in [0.2, 0.25) is 5.91 Å². The van der Waals surface area contributed by atoms with Crippen molar-refractivity contribution in [1.82, 2.24) is 4.90 Å². The van der Waals surface area contributed by atoms with Gasteiger partial charge in [0.1, 0.15) is 0 Å². The summed E-state index contributed by atoms with van der Waals surface area (Å²) in [7, 11) is 0. The second-order valence-corrected chi connectivity index (χ2v) is 7.03. The van der Waals surface area contributed by atoms with Crippen LogP contribution in [0.15, 0.2) is 24.3 Å². The summed E-state index contributed by atoms with van der Waals surface area (Å²) in [5, 5.41) is 13.0. The van der Waals surface area contributed by atoms with Crippen molar-refractivity contribution in [2.75, 3.05) is 25.0 Å². The number of likely N-dealkylation sites (tertiary alicyclic amines) is 1. The van der Waals surface area contributed by atoms with Crippen molar-refractivity contribution in [3.05, 3.63) is 29.3 Å². The topological polar surface area (TPSA) is 69.6 Å². The largest absolute Gasteiger partial charge is 0.481 e. The highest BCUT2D eigenvalue weighted by atomic mass is 35.5. The van der Waals surface area contributed by atoms with Crippen LogP contribution in [-0.4, -0.2) is 41.5 Å². The molecule has 1 amide bonds. The van der Waals surface area contributed by atoms with Gasteiger partial charge < -0.3 is 15.3 Å². The van der Waals surface area contributed by atoms with Gasteiger partial charge in [-0.05, 0) is 43.0 Å². The van der Waals surface area contributed by atoms with Gasteiger partial charge in [0, 0.05) is 36.8 Å². The lowest BCUT2D eigenvalue weighted by Gasteiger charge is -2.23. The summed E-state index contributed by atoms with van der Waals surface area (Å²) >= 11 is 5.81. The quantitative estimate of drug-likeness (QED) is 0.867. The summed E-state index contributed by atoms with van der Waals surface area (Å²) < 4.78 is 0. The zero-order chi connectivity index (χ0) is 16.4. The molecule has 0 spiro atoms. The van der Waals surface area contributed by atoms with Gasteiger partial charge in [0.05, 0.1) is 5.41 Å². The Kier molecular flexibility index (Phi) is 4.60. The van der Waals surface area contributed by atoms with Crippen LogP contribution >= 0.6 is 11.6 Å². The van der Waals surface area contributed by atoms with Crippen LogP contribution in [0.4, 0.5) is 5.69 Å². The van der Waals surface area contributed by atoms with Crippen molar-refractivity contribution in [3.8, 4) is 0 Å². The Labute approximate surface area is 140 Å². The predicted molar refractivity (Wildman–Crippen MR) is 88.5 cm³/mol. The predicted octanol–water partition coefficient (Wildman–Crippen LogP) is 2.86. The van der Waals surface area contributed by atoms with Crippen LogP contribution in [0.1, 0.15) is 25.7 Å². The number of halogens is 1. The molecule has 2 atom stereocenters. The first-order valence-corrected chi connectivity index (χ1v) is 8.38. The standard InChI is InChI=1S/C17H21ClN2O3/c18-13-3-5-14(6-4-13)19-15(21)7-9-20-10-12-2-1-8-17(12,11-20)16(22)23/h3-6,12H,1-2,7-11H2,(H,19,21)(H,22,23)/t12-,17+/m0/s1. The Morgan fingerprint density at radius 3 is 2.74 bits per heavy atom. The monoisotopic (exact) mass is 336 g/mol. The minimum atomic E-state index is -0.673. The molecule has 0 unspecified atom stereocenters. The Bertz CT molecular complexity index is 604. The van der Waals surface area contributed by atoms with Gasteiger partial charge >= 0.3 is 5.97 Å². The molecule has 0 bridgehead atoms. The maximum atomic E-state index is 12.0. The van der Waals surface area contributed by atoms with E-state index in [2.05, 4.69) is 10.2 Å². The van der Waals surface area contributed by atoms with Crippen molar-refractivity contribution in [2.24, 2.45) is 11.3 Å². The van der Waals surface area contributed by atoms with Gasteiger partial charge in [0.25, 0.3) is 0 Å². The SMILES string of the molecule is O=C(CCN1C[C@@H]2CCC[C@@]2(C(=O)O)C1)Nc1ccc(Cl)cc1. The lowest BCUT2D eigenvalue weighted by molar-refractivity contribution is -0.149. The molecule has 1 aromatic carbocycles. The Morgan fingerprint density at radius 2 is 2.09 bits per heavy atom. The van der Waals surface area contributed by atoms with Crippen molar-refractivity contribution < 1.29 is 14.7 Å². The molecule has 1 saturated heterocycles. The lowest BCUT2D eigenvalue weighted by Crippen LogP contribution is -2.36. The number of carboxylic acids is 1. The molecule has 1 aliphatic heterocycles. The van der Waals surface area contributed by atoms with E-state index in [1.165, 1.54) is 0 Å². The van der Waals surface area contributed by atoms with E-state index in [-0.39, 0.29) is 11.8 Å². The molecule has 124 valence electrons. The fraction of sp³-hybridized carbons (Fsp3) is 0.529. The molecule has 1 aliphatic carbocycles. The van der Waals surface area contributed by atoms with Crippen molar-refractivity contribution >= 4 is 29.2 Å². The number of nitrogens with zero attached hydrogens (tertiary/aromatic N) is 1. The summed E-state index contributed by atoms with van der Waals surface area (Å²) in [6.45, 7) is 1.96. The zero-order valence-electron chi connectivity index (χ0n) is 12.9. The number of hydrogen-bond donors (Lipinski definition) is 2. The third-order valence-corrected chi connectivity index (χ3v) is 5.40. The summed E-state index contributed by atoms with van der Waals surface area (Å²) in [6, 6.07) is 6.99. The van der Waals surface area contributed by atoms with Crippen molar-refractivity contribution in [2.45, 2.75) is 25.7 Å². The van der Waals surface area contributed by atoms with Gasteiger partial charge in [-0.25, -0.2) is 0 Å². The molecule has 0 radical (unpaired) electrons. The number of amides is 1. The molecule has 3 rings (SSSR count). The first-order valence-electron chi connectivity index (χ1n) is 8.01. The number of rotatable bonds is 5. The molecule has 1 saturated carbocycles. The first kappa shape index (κ1) is 16.3. The number of aliphatic carboxylic acids is 1. The molecule has 1 aromatic rings. The van der Waals surface area contributed by atoms with Gasteiger partial charge in [0.15, 0.2) is 0 Å². The molecular weight excluding hydrogens is 316 g/mol. The third-order valence-electron chi connectivity index (χ3n) is 5.15. The second-order valence-electron chi connectivity index (χ2n) is 6.59. The second kappa shape index (κ2) is 6.49. The van der Waals surface area contributed by atoms with Crippen LogP contribution in [0.3, 0.4) is 0 Å². The number of carbonyl (C=O) groups is 2. The van der Waals surface area contributed by atoms with Gasteiger partial charge in [-0.3, -0.25) is 9.59 Å². The van der Waals surface area contributed by atoms with E-state index < -0.39 is 11.4 Å². The molecule has 23 heavy (non-hydrogen) atoms. The third kappa shape index (κ3) is 3.35. The van der Waals surface area contributed by atoms with Crippen LogP contribution in [0.2, 0.25) is 5.02 Å². The highest BCUT2D eigenvalue weighted by molar-refractivity contribution is 6.30. The van der Waals surface area contributed by atoms with Crippen LogP contribution in [0, 0.1) is 11.3 Å². The first-order chi connectivity index (χ1) is 11.0. The van der Waals surface area contributed by atoms with E-state index in [1.54, 1.807) is 24.3 Å². The number of carbonyl (C=O) groups excluding carboxylic acids is 1. The lowest BCUT2D eigenvalue weighted by atomic mass is 9.81. The average molecular weight is 337 g/mol. The number of hydrogen-bond acceptors (Lipinski definition) is 3. The fourth-order valence-corrected chi connectivity index (χ4v) is 4.06. The molecular formula is C17H21ClN2O3. The zero-order valence-corrected chi connectivity index (χ0v) is 13.7. The summed E-state index contributed by atoms with van der Waals surface area (Å²) in [5.74, 6) is -0.499. The van der Waals surface area contributed by atoms with Crippen LogP contribution in [-0.2, 0) is 9.59 Å². The van der Waals surface area contributed by atoms with E-state index >= 15 is 0 Å². The molecule has 2 aliphatic rings. The fourth-order valence-electron chi connectivity index (χ4n) is 3.93. The maximum absolute atomic E-state index is 12.0. The minimum absolute atomic E-state index is 0.0613. The maximum Gasteiger partial charge on any atom is 0.311 e. The van der Waals surface area contributed by atoms with E-state index in [1.807, 2.05) is 0 Å². The molecule has 2 fully saturated rings. The van der Waals surface area contributed by atoms with Crippen molar-refractivity contribution in [3.63, 3.8) is 0 Å². The number of anilines is 1. The van der Waals surface area contributed by atoms with Gasteiger partial charge in [-0.2, -0.15) is 0 Å². The van der Waals surface area contributed by atoms with Crippen LogP contribution < -0.4 is 5.32 Å². The molecule has 1 heterocycles. The highest BCUT2D eigenvalue weighted by Crippen LogP contribution is 2.48. The number of nitrogens with one attached hydrogen (secondary N) is 1. The normalized spacial score (nSPS) is 26.9. The van der Waals surface area contributed by atoms with E-state index in [0.717, 1.165) is 31.5 Å². The van der Waals surface area contributed by atoms with E-state index in [4.69, 9.17) is 11.6 Å². The number of carboxylic acid groups (broad SMARTS) is 1. The van der Waals surface area contributed by atoms with Crippen molar-refractivity contribution in [1.29, 1.82) is 0 Å². The summed E-state index contributed by atoms with van der Waals surface area (Å²) in [4.78, 5) is 25.8. The van der Waals surface area contributed by atoms with Gasteiger partial charge in [-0.1, -0.05) is 18.0 Å². The smallest absolute Gasteiger partial charge is 0.311 e. The number of benzene rings is 1. The van der Waals surface area contributed by atoms with E-state index in [9.17, 15) is 14.7 Å². The Balaban J connectivity index is 1.50. The average Bonchev–Trinajstić information content (AvgIpc) is 3.05. The molecule has 5 nitrogen and oxygen atoms in total. The minimum Gasteiger partial charge on any atom is -0.481 e. The molecule has 2 N–H and O–H groups in total. The van der Waals surface area contributed by atoms with Gasteiger partial charge in [-0.15, -0.1) is 0 Å². The molecule has 0 aromatic heterocycles. The van der Waals surface area contributed by atoms with Crippen LogP contribution in [0.25, 0.3) is 0 Å².